The zero-order chi connectivity index (χ0) is 15.8. The van der Waals surface area contributed by atoms with Gasteiger partial charge < -0.3 is 20.3 Å². The van der Waals surface area contributed by atoms with Crippen LogP contribution in [0.4, 0.5) is 10.5 Å². The smallest absolute Gasteiger partial charge is 0.323 e. The molecular weight excluding hydrogens is 276 g/mol. The molecule has 0 fully saturated rings. The first-order valence-corrected chi connectivity index (χ1v) is 6.60. The van der Waals surface area contributed by atoms with Gasteiger partial charge in [0.1, 0.15) is 12.3 Å². The van der Waals surface area contributed by atoms with E-state index >= 15 is 0 Å². The number of nitrogens with one attached hydrogen (secondary N) is 1. The van der Waals surface area contributed by atoms with Gasteiger partial charge in [-0.25, -0.2) is 4.79 Å². The van der Waals surface area contributed by atoms with Crippen LogP contribution in [0, 0.1) is 0 Å². The van der Waals surface area contributed by atoms with Crippen molar-refractivity contribution in [2.75, 3.05) is 24.7 Å². The second-order valence-corrected chi connectivity index (χ2v) is 4.51. The highest BCUT2D eigenvalue weighted by Gasteiger charge is 2.20. The number of ether oxygens (including phenoxy) is 1. The van der Waals surface area contributed by atoms with Crippen LogP contribution in [0.5, 0.6) is 5.75 Å². The zero-order valence-corrected chi connectivity index (χ0v) is 12.1. The highest BCUT2D eigenvalue weighted by atomic mass is 16.5. The van der Waals surface area contributed by atoms with Crippen molar-refractivity contribution in [2.45, 2.75) is 19.9 Å². The third-order valence-electron chi connectivity index (χ3n) is 2.64. The van der Waals surface area contributed by atoms with Gasteiger partial charge in [-0.15, -0.1) is 0 Å². The van der Waals surface area contributed by atoms with Crippen molar-refractivity contribution in [3.8, 4) is 5.75 Å². The lowest BCUT2D eigenvalue weighted by Gasteiger charge is -2.23. The Morgan fingerprint density at radius 1 is 1.33 bits per heavy atom. The maximum atomic E-state index is 12.2. The summed E-state index contributed by atoms with van der Waals surface area (Å²) in [5.74, 6) is -1.09. The monoisotopic (exact) mass is 296 g/mol. The van der Waals surface area contributed by atoms with Crippen LogP contribution in [0.15, 0.2) is 24.3 Å². The SMILES string of the molecule is CCOCC(C)NC(=O)N(CC(=O)O)c1ccc(O)cc1. The minimum Gasteiger partial charge on any atom is -0.508 e. The zero-order valence-electron chi connectivity index (χ0n) is 12.1. The van der Waals surface area contributed by atoms with Gasteiger partial charge in [-0.05, 0) is 38.1 Å². The summed E-state index contributed by atoms with van der Waals surface area (Å²) in [6, 6.07) is 4.96. The molecule has 1 unspecified atom stereocenters. The molecule has 1 aromatic carbocycles. The number of carbonyl (C=O) groups is 2. The molecule has 3 N–H and O–H groups in total. The number of anilines is 1. The number of carbonyl (C=O) groups excluding carboxylic acids is 1. The molecule has 0 saturated heterocycles. The van der Waals surface area contributed by atoms with Gasteiger partial charge in [0, 0.05) is 12.3 Å². The first-order valence-electron chi connectivity index (χ1n) is 6.60. The van der Waals surface area contributed by atoms with Crippen molar-refractivity contribution in [3.05, 3.63) is 24.3 Å². The molecule has 7 heteroatoms. The number of amides is 2. The number of carboxylic acid groups (broad SMARTS) is 1. The molecule has 2 amide bonds. The van der Waals surface area contributed by atoms with Gasteiger partial charge in [-0.1, -0.05) is 0 Å². The van der Waals surface area contributed by atoms with E-state index in [0.717, 1.165) is 4.90 Å². The molecule has 0 saturated carbocycles. The Hall–Kier alpha value is -2.28. The molecule has 1 atom stereocenters. The Morgan fingerprint density at radius 3 is 2.48 bits per heavy atom. The normalized spacial score (nSPS) is 11.7. The molecule has 116 valence electrons. The molecule has 0 aromatic heterocycles. The van der Waals surface area contributed by atoms with E-state index in [2.05, 4.69) is 5.32 Å². The van der Waals surface area contributed by atoms with Crippen LogP contribution in [0.2, 0.25) is 0 Å². The van der Waals surface area contributed by atoms with E-state index in [1.807, 2.05) is 6.92 Å². The number of aromatic hydroxyl groups is 1. The molecule has 0 aliphatic rings. The number of benzene rings is 1. The number of hydrogen-bond donors (Lipinski definition) is 3. The summed E-state index contributed by atoms with van der Waals surface area (Å²) >= 11 is 0. The lowest BCUT2D eigenvalue weighted by atomic mass is 10.2. The summed E-state index contributed by atoms with van der Waals surface area (Å²) in [6.07, 6.45) is 0. The van der Waals surface area contributed by atoms with Crippen LogP contribution in [0.25, 0.3) is 0 Å². The fourth-order valence-electron chi connectivity index (χ4n) is 1.67. The quantitative estimate of drug-likeness (QED) is 0.706. The predicted molar refractivity (Wildman–Crippen MR) is 77.6 cm³/mol. The molecular formula is C14H20N2O5. The second-order valence-electron chi connectivity index (χ2n) is 4.51. The summed E-state index contributed by atoms with van der Waals surface area (Å²) in [4.78, 5) is 24.2. The Balaban J connectivity index is 2.79. The van der Waals surface area contributed by atoms with Crippen molar-refractivity contribution < 1.29 is 24.5 Å². The maximum Gasteiger partial charge on any atom is 0.323 e. The molecule has 0 heterocycles. The highest BCUT2D eigenvalue weighted by molar-refractivity contribution is 5.96. The number of phenolic OH excluding ortho intramolecular Hbond substituents is 1. The van der Waals surface area contributed by atoms with Crippen LogP contribution >= 0.6 is 0 Å². The standard InChI is InChI=1S/C14H20N2O5/c1-3-21-9-10(2)15-14(20)16(8-13(18)19)11-4-6-12(17)7-5-11/h4-7,10,17H,3,8-9H2,1-2H3,(H,15,20)(H,18,19). The van der Waals surface area contributed by atoms with E-state index in [4.69, 9.17) is 9.84 Å². The van der Waals surface area contributed by atoms with Crippen LogP contribution in [-0.2, 0) is 9.53 Å². The Bertz CT molecular complexity index is 475. The lowest BCUT2D eigenvalue weighted by molar-refractivity contribution is -0.135. The number of rotatable bonds is 7. The van der Waals surface area contributed by atoms with Gasteiger partial charge in [0.25, 0.3) is 0 Å². The number of nitrogens with zero attached hydrogens (tertiary/aromatic N) is 1. The van der Waals surface area contributed by atoms with Crippen LogP contribution in [0.3, 0.4) is 0 Å². The van der Waals surface area contributed by atoms with Gasteiger partial charge in [0.15, 0.2) is 0 Å². The van der Waals surface area contributed by atoms with Gasteiger partial charge in [-0.3, -0.25) is 9.69 Å². The van der Waals surface area contributed by atoms with Crippen molar-refractivity contribution >= 4 is 17.7 Å². The van der Waals surface area contributed by atoms with Crippen molar-refractivity contribution in [1.29, 1.82) is 0 Å². The van der Waals surface area contributed by atoms with Crippen LogP contribution in [0.1, 0.15) is 13.8 Å². The van der Waals surface area contributed by atoms with Gasteiger partial charge in [0.2, 0.25) is 0 Å². The highest BCUT2D eigenvalue weighted by Crippen LogP contribution is 2.18. The summed E-state index contributed by atoms with van der Waals surface area (Å²) in [7, 11) is 0. The molecule has 7 nitrogen and oxygen atoms in total. The Morgan fingerprint density at radius 2 is 1.95 bits per heavy atom. The van der Waals surface area contributed by atoms with E-state index in [9.17, 15) is 14.7 Å². The van der Waals surface area contributed by atoms with Gasteiger partial charge in [0.05, 0.1) is 12.6 Å². The van der Waals surface area contributed by atoms with Crippen molar-refractivity contribution in [1.82, 2.24) is 5.32 Å². The van der Waals surface area contributed by atoms with E-state index in [0.29, 0.717) is 18.9 Å². The number of carboxylic acids is 1. The fourth-order valence-corrected chi connectivity index (χ4v) is 1.67. The molecule has 1 aromatic rings. The summed E-state index contributed by atoms with van der Waals surface area (Å²) in [5.41, 5.74) is 0.385. The number of aliphatic carboxylic acids is 1. The van der Waals surface area contributed by atoms with Crippen molar-refractivity contribution in [2.24, 2.45) is 0 Å². The first kappa shape index (κ1) is 16.8. The molecule has 0 spiro atoms. The maximum absolute atomic E-state index is 12.2. The molecule has 0 aliphatic heterocycles. The van der Waals surface area contributed by atoms with E-state index in [1.54, 1.807) is 6.92 Å². The van der Waals surface area contributed by atoms with E-state index in [1.165, 1.54) is 24.3 Å². The Labute approximate surface area is 123 Å². The minimum atomic E-state index is -1.13. The van der Waals surface area contributed by atoms with Crippen LogP contribution < -0.4 is 10.2 Å². The van der Waals surface area contributed by atoms with E-state index in [-0.39, 0.29) is 11.8 Å². The third-order valence-corrected chi connectivity index (χ3v) is 2.64. The van der Waals surface area contributed by atoms with E-state index < -0.39 is 18.5 Å². The average Bonchev–Trinajstić information content (AvgIpc) is 2.43. The lowest BCUT2D eigenvalue weighted by Crippen LogP contribution is -2.47. The largest absolute Gasteiger partial charge is 0.508 e. The molecule has 0 bridgehead atoms. The van der Waals surface area contributed by atoms with Gasteiger partial charge >= 0.3 is 12.0 Å². The van der Waals surface area contributed by atoms with Gasteiger partial charge in [-0.2, -0.15) is 0 Å². The fraction of sp³-hybridized carbons (Fsp3) is 0.429. The molecule has 21 heavy (non-hydrogen) atoms. The minimum absolute atomic E-state index is 0.0409. The van der Waals surface area contributed by atoms with Crippen molar-refractivity contribution in [3.63, 3.8) is 0 Å². The molecule has 1 rings (SSSR count). The predicted octanol–water partition coefficient (Wildman–Crippen LogP) is 1.42. The topological polar surface area (TPSA) is 99.1 Å². The molecule has 0 radical (unpaired) electrons. The summed E-state index contributed by atoms with van der Waals surface area (Å²) in [6.45, 7) is 4.03. The Kier molecular flexibility index (Phi) is 6.48. The van der Waals surface area contributed by atoms with Crippen LogP contribution in [-0.4, -0.2) is 48.0 Å². The number of phenols is 1. The number of urea groups is 1. The summed E-state index contributed by atoms with van der Waals surface area (Å²) < 4.78 is 5.20. The third kappa shape index (κ3) is 5.70. The average molecular weight is 296 g/mol. The second kappa shape index (κ2) is 8.11. The first-order chi connectivity index (χ1) is 9.93. The number of hydrogen-bond acceptors (Lipinski definition) is 4. The summed E-state index contributed by atoms with van der Waals surface area (Å²) in [5, 5.41) is 20.8. The molecule has 0 aliphatic carbocycles.